The van der Waals surface area contributed by atoms with Crippen molar-refractivity contribution in [3.63, 3.8) is 0 Å². The van der Waals surface area contributed by atoms with Gasteiger partial charge in [-0.05, 0) is 19.9 Å². The summed E-state index contributed by atoms with van der Waals surface area (Å²) in [5.41, 5.74) is 0.147. The Morgan fingerprint density at radius 3 is 1.89 bits per heavy atom. The fourth-order valence-corrected chi connectivity index (χ4v) is 2.37. The Morgan fingerprint density at radius 2 is 1.39 bits per heavy atom. The molecule has 3 aromatic heterocycles. The molecule has 0 fully saturated rings. The van der Waals surface area contributed by atoms with Crippen LogP contribution in [0.25, 0.3) is 11.0 Å². The van der Waals surface area contributed by atoms with Crippen molar-refractivity contribution >= 4 is 34.6 Å². The first-order chi connectivity index (χ1) is 13.4. The number of nitrogens with zero attached hydrogens (tertiary/aromatic N) is 6. The molecule has 5 N–H and O–H groups in total. The first kappa shape index (κ1) is 19.4. The van der Waals surface area contributed by atoms with Gasteiger partial charge in [-0.2, -0.15) is 9.97 Å². The van der Waals surface area contributed by atoms with Gasteiger partial charge in [0.2, 0.25) is 11.9 Å². The highest BCUT2D eigenvalue weighted by Gasteiger charge is 2.18. The van der Waals surface area contributed by atoms with Crippen LogP contribution in [0.5, 0.6) is 0 Å². The number of hydrogen-bond acceptors (Lipinski definition) is 11. The van der Waals surface area contributed by atoms with E-state index in [1.165, 1.54) is 0 Å². The predicted octanol–water partition coefficient (Wildman–Crippen LogP) is 1.09. The van der Waals surface area contributed by atoms with Crippen LogP contribution in [0.15, 0.2) is 18.5 Å². The molecule has 0 aromatic carbocycles. The number of nitrogens with one attached hydrogen (secondary N) is 4. The van der Waals surface area contributed by atoms with Gasteiger partial charge >= 0.3 is 0 Å². The normalized spacial score (nSPS) is 11.3. The Labute approximate surface area is 162 Å². The van der Waals surface area contributed by atoms with E-state index < -0.39 is 5.60 Å². The zero-order chi connectivity index (χ0) is 20.1. The van der Waals surface area contributed by atoms with E-state index >= 15 is 0 Å². The molecule has 28 heavy (non-hydrogen) atoms. The predicted molar refractivity (Wildman–Crippen MR) is 108 cm³/mol. The van der Waals surface area contributed by atoms with Gasteiger partial charge in [0.25, 0.3) is 0 Å². The molecule has 0 aliphatic rings. The standard InChI is InChI=1S/C17H24N10O/c1-17(2,28)9-23-14-12-11(24-16(19-4)27-14)13(26-15(18-3)25-12)22-8-10-20-6-5-7-21-10/h5-7,28H,8-9H2,1-4H3,(H2,18,22,25,26)(H2,19,23,24,27). The fourth-order valence-electron chi connectivity index (χ4n) is 2.37. The number of aliphatic hydroxyl groups is 1. The van der Waals surface area contributed by atoms with Crippen molar-refractivity contribution in [1.82, 2.24) is 29.9 Å². The van der Waals surface area contributed by atoms with Gasteiger partial charge in [-0.1, -0.05) is 0 Å². The second kappa shape index (κ2) is 8.13. The van der Waals surface area contributed by atoms with Crippen molar-refractivity contribution in [2.45, 2.75) is 26.0 Å². The zero-order valence-corrected chi connectivity index (χ0v) is 16.3. The van der Waals surface area contributed by atoms with E-state index in [9.17, 15) is 5.11 Å². The molecule has 11 heteroatoms. The van der Waals surface area contributed by atoms with E-state index in [1.54, 1.807) is 46.4 Å². The van der Waals surface area contributed by atoms with Crippen LogP contribution in [0.2, 0.25) is 0 Å². The molecule has 3 aromatic rings. The molecule has 0 unspecified atom stereocenters. The van der Waals surface area contributed by atoms with Crippen LogP contribution in [0.3, 0.4) is 0 Å². The second-order valence-electron chi connectivity index (χ2n) is 6.67. The van der Waals surface area contributed by atoms with Gasteiger partial charge in [0.1, 0.15) is 16.9 Å². The highest BCUT2D eigenvalue weighted by atomic mass is 16.3. The molecule has 148 valence electrons. The average Bonchev–Trinajstić information content (AvgIpc) is 2.70. The molecule has 3 rings (SSSR count). The Balaban J connectivity index is 2.04. The molecule has 0 aliphatic heterocycles. The molecule has 0 saturated heterocycles. The summed E-state index contributed by atoms with van der Waals surface area (Å²) in [6.07, 6.45) is 3.36. The van der Waals surface area contributed by atoms with Gasteiger partial charge in [0.15, 0.2) is 11.6 Å². The summed E-state index contributed by atoms with van der Waals surface area (Å²) >= 11 is 0. The molecule has 3 heterocycles. The summed E-state index contributed by atoms with van der Waals surface area (Å²) in [7, 11) is 3.46. The lowest BCUT2D eigenvalue weighted by Gasteiger charge is -2.19. The van der Waals surface area contributed by atoms with Crippen molar-refractivity contribution in [3.05, 3.63) is 24.3 Å². The van der Waals surface area contributed by atoms with Crippen LogP contribution >= 0.6 is 0 Å². The maximum absolute atomic E-state index is 10.1. The third-order valence-corrected chi connectivity index (χ3v) is 3.71. The lowest BCUT2D eigenvalue weighted by Crippen LogP contribution is -2.29. The third kappa shape index (κ3) is 4.68. The number of fused-ring (bicyclic) bond motifs is 1. The monoisotopic (exact) mass is 384 g/mol. The second-order valence-corrected chi connectivity index (χ2v) is 6.67. The quantitative estimate of drug-likeness (QED) is 0.380. The number of anilines is 4. The van der Waals surface area contributed by atoms with Gasteiger partial charge in [-0.15, -0.1) is 0 Å². The Bertz CT molecular complexity index is 942. The fraction of sp³-hybridized carbons (Fsp3) is 0.412. The molecule has 0 saturated carbocycles. The molecular weight excluding hydrogens is 360 g/mol. The highest BCUT2D eigenvalue weighted by molar-refractivity contribution is 5.94. The van der Waals surface area contributed by atoms with E-state index in [1.807, 2.05) is 0 Å². The SMILES string of the molecule is CNc1nc(NCC(C)(C)O)c2nc(NC)nc(NCc3ncccn3)c2n1. The molecule has 0 bridgehead atoms. The topological polar surface area (TPSA) is 146 Å². The van der Waals surface area contributed by atoms with Gasteiger partial charge < -0.3 is 26.4 Å². The summed E-state index contributed by atoms with van der Waals surface area (Å²) in [6.45, 7) is 4.09. The zero-order valence-electron chi connectivity index (χ0n) is 16.3. The third-order valence-electron chi connectivity index (χ3n) is 3.71. The maximum atomic E-state index is 10.1. The number of aromatic nitrogens is 6. The molecule has 0 spiro atoms. The highest BCUT2D eigenvalue weighted by Crippen LogP contribution is 2.27. The van der Waals surface area contributed by atoms with E-state index in [0.29, 0.717) is 53.5 Å². The van der Waals surface area contributed by atoms with Crippen LogP contribution in [0.4, 0.5) is 23.5 Å². The van der Waals surface area contributed by atoms with E-state index in [4.69, 9.17) is 0 Å². The minimum Gasteiger partial charge on any atom is -0.389 e. The summed E-state index contributed by atoms with van der Waals surface area (Å²) in [5, 5.41) is 22.3. The minimum atomic E-state index is -0.915. The molecule has 0 aliphatic carbocycles. The first-order valence-corrected chi connectivity index (χ1v) is 8.81. The number of hydrogen-bond donors (Lipinski definition) is 5. The van der Waals surface area contributed by atoms with Crippen molar-refractivity contribution in [2.24, 2.45) is 0 Å². The molecule has 0 amide bonds. The minimum absolute atomic E-state index is 0.293. The lowest BCUT2D eigenvalue weighted by atomic mass is 10.1. The Kier molecular flexibility index (Phi) is 5.64. The maximum Gasteiger partial charge on any atom is 0.225 e. The van der Waals surface area contributed by atoms with E-state index in [2.05, 4.69) is 51.2 Å². The van der Waals surface area contributed by atoms with Gasteiger partial charge in [0, 0.05) is 33.0 Å². The largest absolute Gasteiger partial charge is 0.389 e. The van der Waals surface area contributed by atoms with Crippen LogP contribution in [-0.4, -0.2) is 61.3 Å². The Morgan fingerprint density at radius 1 is 0.857 bits per heavy atom. The molecule has 11 nitrogen and oxygen atoms in total. The van der Waals surface area contributed by atoms with Crippen molar-refractivity contribution in [1.29, 1.82) is 0 Å². The average molecular weight is 384 g/mol. The Hall–Kier alpha value is -3.34. The lowest BCUT2D eigenvalue weighted by molar-refractivity contribution is 0.0944. The van der Waals surface area contributed by atoms with Crippen molar-refractivity contribution in [3.8, 4) is 0 Å². The summed E-state index contributed by atoms with van der Waals surface area (Å²) in [5.74, 6) is 2.46. The molecule has 0 atom stereocenters. The van der Waals surface area contributed by atoms with E-state index in [0.717, 1.165) is 0 Å². The summed E-state index contributed by atoms with van der Waals surface area (Å²) in [4.78, 5) is 26.3. The van der Waals surface area contributed by atoms with Crippen LogP contribution in [-0.2, 0) is 6.54 Å². The van der Waals surface area contributed by atoms with Gasteiger partial charge in [0.05, 0.1) is 12.1 Å². The van der Waals surface area contributed by atoms with E-state index in [-0.39, 0.29) is 0 Å². The van der Waals surface area contributed by atoms with Gasteiger partial charge in [-0.3, -0.25) is 0 Å². The smallest absolute Gasteiger partial charge is 0.225 e. The summed E-state index contributed by atoms with van der Waals surface area (Å²) in [6, 6.07) is 1.76. The van der Waals surface area contributed by atoms with Crippen molar-refractivity contribution in [2.75, 3.05) is 41.9 Å². The van der Waals surface area contributed by atoms with Crippen LogP contribution in [0.1, 0.15) is 19.7 Å². The van der Waals surface area contributed by atoms with Crippen LogP contribution in [0, 0.1) is 0 Å². The van der Waals surface area contributed by atoms with Gasteiger partial charge in [-0.25, -0.2) is 19.9 Å². The van der Waals surface area contributed by atoms with Crippen LogP contribution < -0.4 is 21.3 Å². The molecule has 0 radical (unpaired) electrons. The molecular formula is C17H24N10O. The van der Waals surface area contributed by atoms with Crippen molar-refractivity contribution < 1.29 is 5.11 Å². The summed E-state index contributed by atoms with van der Waals surface area (Å²) < 4.78 is 0. The first-order valence-electron chi connectivity index (χ1n) is 8.81. The number of rotatable bonds is 8.